The summed E-state index contributed by atoms with van der Waals surface area (Å²) >= 11 is 9.05. The van der Waals surface area contributed by atoms with Crippen molar-refractivity contribution in [3.05, 3.63) is 0 Å². The van der Waals surface area contributed by atoms with Crippen molar-refractivity contribution < 1.29 is 9.59 Å². The molecule has 0 aromatic rings. The first-order valence-corrected chi connectivity index (χ1v) is 7.47. The number of thioether (sulfide) groups is 3. The minimum atomic E-state index is -0.000602. The molecular formula is C8H12N2O2S4. The Morgan fingerprint density at radius 2 is 2.06 bits per heavy atom. The summed E-state index contributed by atoms with van der Waals surface area (Å²) in [7, 11) is 0. The molecule has 1 fully saturated rings. The van der Waals surface area contributed by atoms with Crippen LogP contribution < -0.4 is 5.32 Å². The lowest BCUT2D eigenvalue weighted by Gasteiger charge is -1.83. The smallest absolute Gasteiger partial charge is 0.257 e. The van der Waals surface area contributed by atoms with Gasteiger partial charge in [-0.3, -0.25) is 9.59 Å². The van der Waals surface area contributed by atoms with Crippen LogP contribution in [0.2, 0.25) is 0 Å². The summed E-state index contributed by atoms with van der Waals surface area (Å²) in [6, 6.07) is 0. The van der Waals surface area contributed by atoms with Gasteiger partial charge in [-0.15, -0.1) is 11.8 Å². The molecule has 0 radical (unpaired) electrons. The van der Waals surface area contributed by atoms with E-state index in [1.807, 2.05) is 6.26 Å². The van der Waals surface area contributed by atoms with Gasteiger partial charge in [-0.25, -0.2) is 0 Å². The van der Waals surface area contributed by atoms with E-state index in [9.17, 15) is 9.59 Å². The molecule has 1 saturated heterocycles. The summed E-state index contributed by atoms with van der Waals surface area (Å²) in [6.07, 6.45) is 1.92. The number of carbonyl (C=O) groups is 2. The van der Waals surface area contributed by atoms with Gasteiger partial charge in [0.25, 0.3) is 5.91 Å². The lowest BCUT2D eigenvalue weighted by molar-refractivity contribution is -0.117. The Morgan fingerprint density at radius 1 is 1.38 bits per heavy atom. The molecule has 4 nitrogen and oxygen atoms in total. The third-order valence-electron chi connectivity index (χ3n) is 1.29. The number of carbonyl (C=O) groups excluding carboxylic acids is 2. The summed E-state index contributed by atoms with van der Waals surface area (Å²) in [4.78, 5) is 24.3. The van der Waals surface area contributed by atoms with Gasteiger partial charge < -0.3 is 5.32 Å². The van der Waals surface area contributed by atoms with Crippen molar-refractivity contribution in [2.75, 3.05) is 17.8 Å². The van der Waals surface area contributed by atoms with E-state index in [0.29, 0.717) is 15.8 Å². The fourth-order valence-electron chi connectivity index (χ4n) is 0.712. The maximum atomic E-state index is 10.4. The average Bonchev–Trinajstić information content (AvgIpc) is 2.76. The quantitative estimate of drug-likeness (QED) is 0.687. The third kappa shape index (κ3) is 5.88. The van der Waals surface area contributed by atoms with Gasteiger partial charge in [0.05, 0.1) is 11.5 Å². The van der Waals surface area contributed by atoms with Crippen LogP contribution in [-0.2, 0) is 9.59 Å². The highest BCUT2D eigenvalue weighted by molar-refractivity contribution is 8.39. The lowest BCUT2D eigenvalue weighted by Crippen LogP contribution is -2.18. The maximum absolute atomic E-state index is 10.4. The Labute approximate surface area is 113 Å². The molecule has 2 aliphatic heterocycles. The van der Waals surface area contributed by atoms with Crippen molar-refractivity contribution in [3.63, 3.8) is 0 Å². The van der Waals surface area contributed by atoms with Crippen LogP contribution in [0.1, 0.15) is 7.43 Å². The SMILES string of the molecule is C.CSC1=NC(=O)CS1.O=C1CSC(=S)N1. The van der Waals surface area contributed by atoms with E-state index in [4.69, 9.17) is 0 Å². The minimum absolute atomic E-state index is 0. The fourth-order valence-corrected chi connectivity index (χ4v) is 2.84. The molecule has 1 N–H and O–H groups in total. The zero-order valence-electron chi connectivity index (χ0n) is 7.81. The number of amides is 2. The topological polar surface area (TPSA) is 58.5 Å². The first kappa shape index (κ1) is 16.0. The van der Waals surface area contributed by atoms with Gasteiger partial charge in [-0.1, -0.05) is 43.2 Å². The average molecular weight is 296 g/mol. The third-order valence-corrected chi connectivity index (χ3v) is 4.54. The standard InChI is InChI=1S/C4H5NOS2.C3H3NOS2.CH4/c1-7-4-5-3(6)2-8-4;5-2-1-7-3(6)4-2;/h2H2,1H3;1H2,(H,4,5,6);1H4. The van der Waals surface area contributed by atoms with E-state index >= 15 is 0 Å². The maximum Gasteiger partial charge on any atom is 0.257 e. The Hall–Kier alpha value is -0.0500. The van der Waals surface area contributed by atoms with Crippen LogP contribution in [0.5, 0.6) is 0 Å². The van der Waals surface area contributed by atoms with E-state index < -0.39 is 0 Å². The van der Waals surface area contributed by atoms with Crippen LogP contribution in [0.25, 0.3) is 0 Å². The van der Waals surface area contributed by atoms with Crippen LogP contribution in [0.3, 0.4) is 0 Å². The second kappa shape index (κ2) is 8.10. The van der Waals surface area contributed by atoms with Gasteiger partial charge in [0.2, 0.25) is 5.91 Å². The van der Waals surface area contributed by atoms with Crippen molar-refractivity contribution in [2.24, 2.45) is 4.99 Å². The van der Waals surface area contributed by atoms with Crippen molar-refractivity contribution in [3.8, 4) is 0 Å². The molecule has 0 unspecified atom stereocenters. The molecule has 2 rings (SSSR count). The molecule has 0 spiro atoms. The van der Waals surface area contributed by atoms with Crippen LogP contribution in [-0.4, -0.2) is 38.3 Å². The van der Waals surface area contributed by atoms with Gasteiger partial charge in [-0.2, -0.15) is 4.99 Å². The van der Waals surface area contributed by atoms with Gasteiger partial charge in [0.15, 0.2) is 0 Å². The van der Waals surface area contributed by atoms with E-state index in [1.54, 1.807) is 0 Å². The number of rotatable bonds is 0. The molecule has 2 amide bonds. The van der Waals surface area contributed by atoms with Crippen molar-refractivity contribution in [1.82, 2.24) is 5.32 Å². The Kier molecular flexibility index (Phi) is 8.08. The summed E-state index contributed by atoms with van der Waals surface area (Å²) in [5.74, 6) is 1.06. The molecule has 0 bridgehead atoms. The van der Waals surface area contributed by atoms with Gasteiger partial charge in [-0.05, 0) is 6.26 Å². The second-order valence-electron chi connectivity index (χ2n) is 2.39. The van der Waals surface area contributed by atoms with Crippen molar-refractivity contribution in [2.45, 2.75) is 7.43 Å². The first-order chi connectivity index (χ1) is 7.11. The summed E-state index contributed by atoms with van der Waals surface area (Å²) in [5, 5.41) is 2.47. The number of nitrogens with zero attached hydrogens (tertiary/aromatic N) is 1. The zero-order chi connectivity index (χ0) is 11.3. The molecule has 8 heteroatoms. The monoisotopic (exact) mass is 296 g/mol. The molecule has 90 valence electrons. The predicted molar refractivity (Wildman–Crippen MR) is 78.3 cm³/mol. The Bertz CT molecular complexity index is 316. The van der Waals surface area contributed by atoms with E-state index in [-0.39, 0.29) is 19.2 Å². The largest absolute Gasteiger partial charge is 0.311 e. The normalized spacial score (nSPS) is 18.3. The molecular weight excluding hydrogens is 284 g/mol. The van der Waals surface area contributed by atoms with Crippen LogP contribution in [0.4, 0.5) is 0 Å². The Morgan fingerprint density at radius 3 is 2.25 bits per heavy atom. The van der Waals surface area contributed by atoms with E-state index in [0.717, 1.165) is 4.38 Å². The van der Waals surface area contributed by atoms with Gasteiger partial charge in [0, 0.05) is 0 Å². The molecule has 0 atom stereocenters. The highest BCUT2D eigenvalue weighted by atomic mass is 32.2. The summed E-state index contributed by atoms with van der Waals surface area (Å²) in [6.45, 7) is 0. The molecule has 2 aliphatic rings. The van der Waals surface area contributed by atoms with Crippen molar-refractivity contribution >= 4 is 68.0 Å². The molecule has 0 aliphatic carbocycles. The summed E-state index contributed by atoms with van der Waals surface area (Å²) < 4.78 is 1.50. The van der Waals surface area contributed by atoms with Crippen LogP contribution in [0.15, 0.2) is 4.99 Å². The predicted octanol–water partition coefficient (Wildman–Crippen LogP) is 1.75. The molecule has 2 heterocycles. The van der Waals surface area contributed by atoms with Crippen LogP contribution >= 0.6 is 47.5 Å². The van der Waals surface area contributed by atoms with Crippen molar-refractivity contribution in [1.29, 1.82) is 0 Å². The first-order valence-electron chi connectivity index (χ1n) is 3.86. The number of aliphatic imine (C=N–C) groups is 1. The highest BCUT2D eigenvalue weighted by Gasteiger charge is 2.13. The van der Waals surface area contributed by atoms with E-state index in [1.165, 1.54) is 35.3 Å². The Balaban J connectivity index is 0.000000267. The minimum Gasteiger partial charge on any atom is -0.311 e. The lowest BCUT2D eigenvalue weighted by atomic mass is 10.7. The second-order valence-corrected chi connectivity index (χ2v) is 6.06. The summed E-state index contributed by atoms with van der Waals surface area (Å²) in [5.41, 5.74) is 0. The number of nitrogens with one attached hydrogen (secondary N) is 1. The molecule has 0 aromatic carbocycles. The van der Waals surface area contributed by atoms with E-state index in [2.05, 4.69) is 22.5 Å². The van der Waals surface area contributed by atoms with Crippen LogP contribution in [0, 0.1) is 0 Å². The molecule has 16 heavy (non-hydrogen) atoms. The number of hydrogen-bond donors (Lipinski definition) is 1. The highest BCUT2D eigenvalue weighted by Crippen LogP contribution is 2.19. The van der Waals surface area contributed by atoms with Gasteiger partial charge in [0.1, 0.15) is 8.70 Å². The molecule has 0 saturated carbocycles. The number of hydrogen-bond acceptors (Lipinski definition) is 6. The zero-order valence-corrected chi connectivity index (χ0v) is 11.1. The number of thiocarbonyl (C=S) groups is 1. The fraction of sp³-hybridized carbons (Fsp3) is 0.500. The molecule has 0 aromatic heterocycles. The van der Waals surface area contributed by atoms with Gasteiger partial charge >= 0.3 is 0 Å².